The summed E-state index contributed by atoms with van der Waals surface area (Å²) < 4.78 is 0. The van der Waals surface area contributed by atoms with E-state index in [-0.39, 0.29) is 0 Å². The van der Waals surface area contributed by atoms with Gasteiger partial charge in [0.05, 0.1) is 5.54 Å². The molecule has 1 aromatic carbocycles. The zero-order chi connectivity index (χ0) is 13.8. The van der Waals surface area contributed by atoms with E-state index in [1.807, 2.05) is 30.3 Å². The molecular formula is C15H19NO2. The van der Waals surface area contributed by atoms with Crippen molar-refractivity contribution in [2.75, 3.05) is 0 Å². The first-order valence-corrected chi connectivity index (χ1v) is 5.78. The predicted molar refractivity (Wildman–Crippen MR) is 73.0 cm³/mol. The predicted octanol–water partition coefficient (Wildman–Crippen LogP) is 3.27. The second-order valence-electron chi connectivity index (χ2n) is 4.73. The number of carbonyl (C=O) groups is 1. The van der Waals surface area contributed by atoms with Gasteiger partial charge in [-0.05, 0) is 32.4 Å². The van der Waals surface area contributed by atoms with Crippen LogP contribution in [0.5, 0.6) is 0 Å². The fourth-order valence-corrected chi connectivity index (χ4v) is 1.26. The van der Waals surface area contributed by atoms with Crippen LogP contribution in [0.25, 0.3) is 6.08 Å². The third kappa shape index (κ3) is 3.31. The zero-order valence-electron chi connectivity index (χ0n) is 11.1. The second kappa shape index (κ2) is 5.65. The highest BCUT2D eigenvalue weighted by atomic mass is 16.5. The summed E-state index contributed by atoms with van der Waals surface area (Å²) in [5.74, 6) is -0.466. The van der Waals surface area contributed by atoms with E-state index in [9.17, 15) is 10.0 Å². The van der Waals surface area contributed by atoms with E-state index < -0.39 is 11.4 Å². The third-order valence-electron chi connectivity index (χ3n) is 3.00. The van der Waals surface area contributed by atoms with Crippen LogP contribution in [0.15, 0.2) is 48.6 Å². The Labute approximate surface area is 108 Å². The summed E-state index contributed by atoms with van der Waals surface area (Å²) in [7, 11) is 0. The van der Waals surface area contributed by atoms with E-state index in [1.54, 1.807) is 26.8 Å². The molecule has 96 valence electrons. The van der Waals surface area contributed by atoms with Crippen LogP contribution >= 0.6 is 0 Å². The van der Waals surface area contributed by atoms with Crippen LogP contribution in [0.4, 0.5) is 0 Å². The molecule has 0 saturated heterocycles. The normalized spacial score (nSPS) is 11.6. The number of rotatable bonds is 4. The fraction of sp³-hybridized carbons (Fsp3) is 0.267. The monoisotopic (exact) mass is 245 g/mol. The molecule has 0 atom stereocenters. The molecule has 1 N–H and O–H groups in total. The topological polar surface area (TPSA) is 40.5 Å². The second-order valence-corrected chi connectivity index (χ2v) is 4.73. The maximum absolute atomic E-state index is 11.8. The van der Waals surface area contributed by atoms with Crippen LogP contribution in [0, 0.1) is 0 Å². The molecule has 18 heavy (non-hydrogen) atoms. The van der Waals surface area contributed by atoms with Gasteiger partial charge in [-0.15, -0.1) is 0 Å². The van der Waals surface area contributed by atoms with Crippen LogP contribution in [0.2, 0.25) is 0 Å². The maximum atomic E-state index is 11.8. The van der Waals surface area contributed by atoms with Gasteiger partial charge in [-0.3, -0.25) is 10.0 Å². The van der Waals surface area contributed by atoms with Gasteiger partial charge in [0.25, 0.3) is 5.91 Å². The largest absolute Gasteiger partial charge is 0.285 e. The van der Waals surface area contributed by atoms with E-state index >= 15 is 0 Å². The summed E-state index contributed by atoms with van der Waals surface area (Å²) in [5, 5.41) is 10.6. The van der Waals surface area contributed by atoms with Crippen molar-refractivity contribution in [3.8, 4) is 0 Å². The molecule has 0 spiro atoms. The highest BCUT2D eigenvalue weighted by Gasteiger charge is 2.29. The van der Waals surface area contributed by atoms with Crippen molar-refractivity contribution < 1.29 is 10.0 Å². The molecule has 3 heteroatoms. The minimum atomic E-state index is -0.780. The number of amides is 1. The van der Waals surface area contributed by atoms with Crippen LogP contribution in [0.1, 0.15) is 26.3 Å². The van der Waals surface area contributed by atoms with Crippen LogP contribution in [-0.4, -0.2) is 21.7 Å². The Morgan fingerprint density at radius 3 is 2.39 bits per heavy atom. The third-order valence-corrected chi connectivity index (χ3v) is 3.00. The summed E-state index contributed by atoms with van der Waals surface area (Å²) in [5.41, 5.74) is 0.844. The molecule has 0 radical (unpaired) electrons. The number of nitrogens with zero attached hydrogens (tertiary/aromatic N) is 1. The molecule has 0 bridgehead atoms. The van der Waals surface area contributed by atoms with Crippen molar-refractivity contribution in [2.45, 2.75) is 26.3 Å². The Morgan fingerprint density at radius 2 is 1.89 bits per heavy atom. The van der Waals surface area contributed by atoms with E-state index in [0.29, 0.717) is 10.6 Å². The van der Waals surface area contributed by atoms with Crippen molar-refractivity contribution in [3.63, 3.8) is 0 Å². The average Bonchev–Trinajstić information content (AvgIpc) is 2.36. The van der Waals surface area contributed by atoms with Crippen molar-refractivity contribution in [2.24, 2.45) is 0 Å². The molecule has 1 amide bonds. The van der Waals surface area contributed by atoms with Gasteiger partial charge in [0, 0.05) is 6.08 Å². The molecule has 0 heterocycles. The van der Waals surface area contributed by atoms with Gasteiger partial charge in [-0.2, -0.15) is 0 Å². The highest BCUT2D eigenvalue weighted by Crippen LogP contribution is 2.20. The van der Waals surface area contributed by atoms with Gasteiger partial charge in [0.1, 0.15) is 0 Å². The van der Waals surface area contributed by atoms with Gasteiger partial charge >= 0.3 is 0 Å². The van der Waals surface area contributed by atoms with Crippen molar-refractivity contribution in [3.05, 3.63) is 54.1 Å². The van der Waals surface area contributed by atoms with E-state index in [0.717, 1.165) is 5.56 Å². The lowest BCUT2D eigenvalue weighted by Crippen LogP contribution is -2.45. The van der Waals surface area contributed by atoms with Gasteiger partial charge in [0.2, 0.25) is 0 Å². The molecule has 0 saturated carbocycles. The minimum absolute atomic E-state index is 0.466. The Morgan fingerprint density at radius 1 is 1.33 bits per heavy atom. The molecule has 0 aromatic heterocycles. The Hall–Kier alpha value is -1.87. The number of hydrogen-bond donors (Lipinski definition) is 1. The molecule has 0 fully saturated rings. The summed E-state index contributed by atoms with van der Waals surface area (Å²) in [6.07, 6.45) is 3.01. The van der Waals surface area contributed by atoms with Gasteiger partial charge < -0.3 is 0 Å². The van der Waals surface area contributed by atoms with Crippen molar-refractivity contribution >= 4 is 12.0 Å². The number of hydrogen-bond acceptors (Lipinski definition) is 2. The van der Waals surface area contributed by atoms with Crippen LogP contribution in [-0.2, 0) is 4.79 Å². The highest BCUT2D eigenvalue weighted by molar-refractivity contribution is 5.91. The van der Waals surface area contributed by atoms with E-state index in [2.05, 4.69) is 6.58 Å². The summed E-state index contributed by atoms with van der Waals surface area (Å²) in [6, 6.07) is 9.45. The molecule has 0 aliphatic heterocycles. The lowest BCUT2D eigenvalue weighted by Gasteiger charge is -2.33. The Kier molecular flexibility index (Phi) is 4.45. The Bertz CT molecular complexity index is 461. The minimum Gasteiger partial charge on any atom is -0.285 e. The van der Waals surface area contributed by atoms with Crippen LogP contribution in [0.3, 0.4) is 0 Å². The molecule has 1 aromatic rings. The number of benzene rings is 1. The van der Waals surface area contributed by atoms with Crippen LogP contribution < -0.4 is 0 Å². The van der Waals surface area contributed by atoms with Crippen molar-refractivity contribution in [1.29, 1.82) is 0 Å². The summed E-state index contributed by atoms with van der Waals surface area (Å²) >= 11 is 0. The maximum Gasteiger partial charge on any atom is 0.270 e. The molecule has 0 unspecified atom stereocenters. The average molecular weight is 245 g/mol. The lowest BCUT2D eigenvalue weighted by molar-refractivity contribution is -0.177. The summed E-state index contributed by atoms with van der Waals surface area (Å²) in [6.45, 7) is 9.03. The molecule has 0 aliphatic carbocycles. The SMILES string of the molecule is C=C(C)C(C)(C)N(O)C(=O)/C=C/c1ccccc1. The van der Waals surface area contributed by atoms with E-state index in [1.165, 1.54) is 6.08 Å². The Balaban J connectivity index is 2.78. The first kappa shape index (κ1) is 14.2. The smallest absolute Gasteiger partial charge is 0.270 e. The van der Waals surface area contributed by atoms with Crippen molar-refractivity contribution in [1.82, 2.24) is 5.06 Å². The first-order chi connectivity index (χ1) is 8.35. The lowest BCUT2D eigenvalue weighted by atomic mass is 9.96. The first-order valence-electron chi connectivity index (χ1n) is 5.78. The molecule has 3 nitrogen and oxygen atoms in total. The van der Waals surface area contributed by atoms with Gasteiger partial charge in [-0.1, -0.05) is 42.5 Å². The van der Waals surface area contributed by atoms with E-state index in [4.69, 9.17) is 0 Å². The molecule has 1 rings (SSSR count). The molecule has 0 aliphatic rings. The standard InChI is InChI=1S/C15H19NO2/c1-12(2)15(3,4)16(18)14(17)11-10-13-8-6-5-7-9-13/h5-11,18H,1H2,2-4H3/b11-10+. The van der Waals surface area contributed by atoms with Gasteiger partial charge in [-0.25, -0.2) is 5.06 Å². The summed E-state index contributed by atoms with van der Waals surface area (Å²) in [4.78, 5) is 11.8. The zero-order valence-corrected chi connectivity index (χ0v) is 11.1. The number of hydroxylamine groups is 2. The fourth-order valence-electron chi connectivity index (χ4n) is 1.26. The quantitative estimate of drug-likeness (QED) is 0.383. The molecular weight excluding hydrogens is 226 g/mol. The van der Waals surface area contributed by atoms with Gasteiger partial charge in [0.15, 0.2) is 0 Å². The number of carbonyl (C=O) groups excluding carboxylic acids is 1.